The van der Waals surface area contributed by atoms with Crippen LogP contribution < -0.4 is 0 Å². The van der Waals surface area contributed by atoms with Gasteiger partial charge in [0.15, 0.2) is 0 Å². The molecule has 0 spiro atoms. The number of carboxylic acid groups (broad SMARTS) is 1. The number of benzene rings is 1. The third kappa shape index (κ3) is 3.07. The third-order valence-corrected chi connectivity index (χ3v) is 3.76. The Morgan fingerprint density at radius 3 is 2.41 bits per heavy atom. The van der Waals surface area contributed by atoms with Crippen LogP contribution in [0, 0.1) is 5.92 Å². The quantitative estimate of drug-likeness (QED) is 0.933. The summed E-state index contributed by atoms with van der Waals surface area (Å²) in [6.07, 6.45) is 1.65. The fourth-order valence-corrected chi connectivity index (χ4v) is 2.60. The molecule has 17 heavy (non-hydrogen) atoms. The predicted octanol–water partition coefficient (Wildman–Crippen LogP) is 3.04. The highest BCUT2D eigenvalue weighted by molar-refractivity contribution is 9.10. The Morgan fingerprint density at radius 2 is 1.88 bits per heavy atom. The number of ether oxygens (including phenoxy) is 1. The van der Waals surface area contributed by atoms with Gasteiger partial charge >= 0.3 is 5.97 Å². The summed E-state index contributed by atoms with van der Waals surface area (Å²) < 4.78 is 6.25. The number of carbonyl (C=O) groups is 1. The highest BCUT2D eigenvalue weighted by Crippen LogP contribution is 2.32. The Labute approximate surface area is 109 Å². The first-order valence-corrected chi connectivity index (χ1v) is 6.54. The average Bonchev–Trinajstić information content (AvgIpc) is 2.33. The molecule has 2 rings (SSSR count). The van der Waals surface area contributed by atoms with Crippen molar-refractivity contribution < 1.29 is 14.6 Å². The average molecular weight is 299 g/mol. The second-order valence-electron chi connectivity index (χ2n) is 4.32. The van der Waals surface area contributed by atoms with Gasteiger partial charge in [-0.2, -0.15) is 0 Å². The summed E-state index contributed by atoms with van der Waals surface area (Å²) in [6, 6.07) is 7.56. The zero-order valence-corrected chi connectivity index (χ0v) is 11.0. The minimum atomic E-state index is -0.737. The highest BCUT2D eigenvalue weighted by atomic mass is 79.9. The molecule has 1 fully saturated rings. The SMILES string of the molecule is O=C(O)C(c1ccc(Br)cc1)C1CCOCC1. The first kappa shape index (κ1) is 12.6. The summed E-state index contributed by atoms with van der Waals surface area (Å²) in [5.41, 5.74) is 0.882. The largest absolute Gasteiger partial charge is 0.481 e. The molecule has 0 radical (unpaired) electrons. The molecule has 1 N–H and O–H groups in total. The van der Waals surface area contributed by atoms with Gasteiger partial charge in [-0.15, -0.1) is 0 Å². The molecule has 4 heteroatoms. The molecule has 1 saturated heterocycles. The van der Waals surface area contributed by atoms with Crippen molar-refractivity contribution in [1.29, 1.82) is 0 Å². The van der Waals surface area contributed by atoms with Gasteiger partial charge in [0, 0.05) is 17.7 Å². The molecule has 0 saturated carbocycles. The van der Waals surface area contributed by atoms with Crippen molar-refractivity contribution in [2.24, 2.45) is 5.92 Å². The monoisotopic (exact) mass is 298 g/mol. The topological polar surface area (TPSA) is 46.5 Å². The fraction of sp³-hybridized carbons (Fsp3) is 0.462. The maximum Gasteiger partial charge on any atom is 0.311 e. The maximum atomic E-state index is 11.4. The molecular weight excluding hydrogens is 284 g/mol. The molecular formula is C13H15BrO3. The zero-order chi connectivity index (χ0) is 12.3. The molecule has 1 aromatic rings. The Balaban J connectivity index is 2.21. The van der Waals surface area contributed by atoms with Gasteiger partial charge < -0.3 is 9.84 Å². The van der Waals surface area contributed by atoms with E-state index in [1.807, 2.05) is 24.3 Å². The molecule has 0 amide bonds. The van der Waals surface area contributed by atoms with Gasteiger partial charge in [0.2, 0.25) is 0 Å². The van der Waals surface area contributed by atoms with Crippen LogP contribution in [0.4, 0.5) is 0 Å². The van der Waals surface area contributed by atoms with Gasteiger partial charge in [-0.1, -0.05) is 28.1 Å². The molecule has 92 valence electrons. The number of hydrogen-bond donors (Lipinski definition) is 1. The molecule has 1 aromatic carbocycles. The van der Waals surface area contributed by atoms with Crippen LogP contribution >= 0.6 is 15.9 Å². The van der Waals surface area contributed by atoms with Crippen molar-refractivity contribution in [3.8, 4) is 0 Å². The van der Waals surface area contributed by atoms with Crippen molar-refractivity contribution in [3.05, 3.63) is 34.3 Å². The van der Waals surface area contributed by atoms with E-state index in [0.29, 0.717) is 13.2 Å². The Morgan fingerprint density at radius 1 is 1.29 bits per heavy atom. The van der Waals surface area contributed by atoms with Gasteiger partial charge in [-0.25, -0.2) is 0 Å². The summed E-state index contributed by atoms with van der Waals surface area (Å²) in [4.78, 5) is 11.4. The van der Waals surface area contributed by atoms with E-state index >= 15 is 0 Å². The van der Waals surface area contributed by atoms with Gasteiger partial charge in [-0.05, 0) is 36.5 Å². The Bertz CT molecular complexity index is 382. The van der Waals surface area contributed by atoms with E-state index in [-0.39, 0.29) is 5.92 Å². The second kappa shape index (κ2) is 5.65. The predicted molar refractivity (Wildman–Crippen MR) is 68.1 cm³/mol. The third-order valence-electron chi connectivity index (χ3n) is 3.23. The van der Waals surface area contributed by atoms with Gasteiger partial charge in [0.05, 0.1) is 5.92 Å². The molecule has 1 aliphatic rings. The lowest BCUT2D eigenvalue weighted by Crippen LogP contribution is -2.27. The van der Waals surface area contributed by atoms with E-state index in [9.17, 15) is 9.90 Å². The molecule has 0 bridgehead atoms. The summed E-state index contributed by atoms with van der Waals surface area (Å²) in [6.45, 7) is 1.34. The lowest BCUT2D eigenvalue weighted by molar-refractivity contribution is -0.141. The first-order valence-electron chi connectivity index (χ1n) is 5.74. The Hall–Kier alpha value is -0.870. The van der Waals surface area contributed by atoms with Crippen molar-refractivity contribution in [3.63, 3.8) is 0 Å². The van der Waals surface area contributed by atoms with Crippen LogP contribution in [0.25, 0.3) is 0 Å². The molecule has 0 aliphatic carbocycles. The first-order chi connectivity index (χ1) is 8.18. The van der Waals surface area contributed by atoms with Gasteiger partial charge in [-0.3, -0.25) is 4.79 Å². The number of carboxylic acids is 1. The number of aliphatic carboxylic acids is 1. The smallest absolute Gasteiger partial charge is 0.311 e. The molecule has 1 atom stereocenters. The van der Waals surface area contributed by atoms with Crippen LogP contribution in [-0.4, -0.2) is 24.3 Å². The zero-order valence-electron chi connectivity index (χ0n) is 9.43. The molecule has 1 aliphatic heterocycles. The normalized spacial score (nSPS) is 18.9. The summed E-state index contributed by atoms with van der Waals surface area (Å²) in [5.74, 6) is -0.964. The molecule has 0 aromatic heterocycles. The number of halogens is 1. The fourth-order valence-electron chi connectivity index (χ4n) is 2.34. The van der Waals surface area contributed by atoms with E-state index < -0.39 is 11.9 Å². The summed E-state index contributed by atoms with van der Waals surface area (Å²) >= 11 is 3.36. The second-order valence-corrected chi connectivity index (χ2v) is 5.23. The number of hydrogen-bond acceptors (Lipinski definition) is 2. The minimum Gasteiger partial charge on any atom is -0.481 e. The van der Waals surface area contributed by atoms with Crippen molar-refractivity contribution in [2.75, 3.05) is 13.2 Å². The lowest BCUT2D eigenvalue weighted by atomic mass is 9.81. The summed E-state index contributed by atoms with van der Waals surface area (Å²) in [7, 11) is 0. The molecule has 1 unspecified atom stereocenters. The standard InChI is InChI=1S/C13H15BrO3/c14-11-3-1-9(2-4-11)12(13(15)16)10-5-7-17-8-6-10/h1-4,10,12H,5-8H2,(H,15,16). The highest BCUT2D eigenvalue weighted by Gasteiger charge is 2.30. The van der Waals surface area contributed by atoms with Crippen molar-refractivity contribution in [1.82, 2.24) is 0 Å². The van der Waals surface area contributed by atoms with E-state index in [1.165, 1.54) is 0 Å². The van der Waals surface area contributed by atoms with Crippen LogP contribution in [0.1, 0.15) is 24.3 Å². The van der Waals surface area contributed by atoms with Crippen molar-refractivity contribution in [2.45, 2.75) is 18.8 Å². The summed E-state index contributed by atoms with van der Waals surface area (Å²) in [5, 5.41) is 9.40. The van der Waals surface area contributed by atoms with Crippen LogP contribution in [-0.2, 0) is 9.53 Å². The van der Waals surface area contributed by atoms with Crippen LogP contribution in [0.2, 0.25) is 0 Å². The van der Waals surface area contributed by atoms with E-state index in [4.69, 9.17) is 4.74 Å². The van der Waals surface area contributed by atoms with Crippen LogP contribution in [0.5, 0.6) is 0 Å². The number of rotatable bonds is 3. The minimum absolute atomic E-state index is 0.183. The lowest BCUT2D eigenvalue weighted by Gasteiger charge is -2.27. The Kier molecular flexibility index (Phi) is 4.18. The van der Waals surface area contributed by atoms with Crippen LogP contribution in [0.15, 0.2) is 28.7 Å². The van der Waals surface area contributed by atoms with E-state index in [0.717, 1.165) is 22.9 Å². The molecule has 1 heterocycles. The van der Waals surface area contributed by atoms with Gasteiger partial charge in [0.25, 0.3) is 0 Å². The van der Waals surface area contributed by atoms with E-state index in [1.54, 1.807) is 0 Å². The maximum absolute atomic E-state index is 11.4. The van der Waals surface area contributed by atoms with Gasteiger partial charge in [0.1, 0.15) is 0 Å². The van der Waals surface area contributed by atoms with Crippen LogP contribution in [0.3, 0.4) is 0 Å². The van der Waals surface area contributed by atoms with E-state index in [2.05, 4.69) is 15.9 Å². The van der Waals surface area contributed by atoms with Crippen molar-refractivity contribution >= 4 is 21.9 Å². The molecule has 3 nitrogen and oxygen atoms in total.